The van der Waals surface area contributed by atoms with Gasteiger partial charge >= 0.3 is 0 Å². The summed E-state index contributed by atoms with van der Waals surface area (Å²) in [5.41, 5.74) is 11.2. The zero-order chi connectivity index (χ0) is 11.5. The molecule has 1 aromatic heterocycles. The Kier molecular flexibility index (Phi) is 2.77. The number of hydrogen-bond acceptors (Lipinski definition) is 6. The van der Waals surface area contributed by atoms with E-state index in [0.29, 0.717) is 24.8 Å². The summed E-state index contributed by atoms with van der Waals surface area (Å²) in [4.78, 5) is 10.1. The van der Waals surface area contributed by atoms with Gasteiger partial charge in [-0.25, -0.2) is 0 Å². The second-order valence-electron chi connectivity index (χ2n) is 3.84. The van der Waals surface area contributed by atoms with Crippen LogP contribution in [0.2, 0.25) is 0 Å². The molecule has 0 amide bonds. The lowest BCUT2D eigenvalue weighted by Gasteiger charge is -2.22. The highest BCUT2D eigenvalue weighted by Gasteiger charge is 2.30. The second kappa shape index (κ2) is 4.23. The number of aromatic nitrogens is 2. The fourth-order valence-corrected chi connectivity index (χ4v) is 1.66. The predicted molar refractivity (Wildman–Crippen MR) is 61.5 cm³/mol. The summed E-state index contributed by atoms with van der Waals surface area (Å²) in [7, 11) is 0. The lowest BCUT2D eigenvalue weighted by atomic mass is 10.3. The topological polar surface area (TPSA) is 105 Å². The van der Waals surface area contributed by atoms with Gasteiger partial charge in [-0.15, -0.1) is 0 Å². The maximum absolute atomic E-state index is 8.61. The van der Waals surface area contributed by atoms with Gasteiger partial charge in [0.05, 0.1) is 12.5 Å². The zero-order valence-electron chi connectivity index (χ0n) is 8.93. The molecular formula is C10H14N6. The van der Waals surface area contributed by atoms with E-state index < -0.39 is 0 Å². The van der Waals surface area contributed by atoms with Crippen molar-refractivity contribution in [3.63, 3.8) is 0 Å². The third-order valence-corrected chi connectivity index (χ3v) is 2.50. The average Bonchev–Trinajstić information content (AvgIpc) is 3.01. The summed E-state index contributed by atoms with van der Waals surface area (Å²) in [5.74, 6) is 1.27. The van der Waals surface area contributed by atoms with E-state index in [9.17, 15) is 0 Å². The van der Waals surface area contributed by atoms with Crippen molar-refractivity contribution in [2.45, 2.75) is 25.3 Å². The molecule has 0 atom stereocenters. The molecule has 1 aliphatic carbocycles. The Morgan fingerprint density at radius 2 is 2.19 bits per heavy atom. The molecule has 6 nitrogen and oxygen atoms in total. The molecule has 1 aromatic rings. The van der Waals surface area contributed by atoms with Gasteiger partial charge in [-0.05, 0) is 12.8 Å². The predicted octanol–water partition coefficient (Wildman–Crippen LogP) is 0.523. The van der Waals surface area contributed by atoms with Crippen LogP contribution >= 0.6 is 0 Å². The summed E-state index contributed by atoms with van der Waals surface area (Å²) in [6.45, 7) is 0.664. The van der Waals surface area contributed by atoms with E-state index in [1.54, 1.807) is 6.07 Å². The van der Waals surface area contributed by atoms with Gasteiger partial charge in [-0.3, -0.25) is 0 Å². The highest BCUT2D eigenvalue weighted by Crippen LogP contribution is 2.31. The molecule has 1 heterocycles. The van der Waals surface area contributed by atoms with Gasteiger partial charge in [-0.1, -0.05) is 0 Å². The molecule has 1 aliphatic rings. The van der Waals surface area contributed by atoms with Crippen LogP contribution in [0.25, 0.3) is 0 Å². The monoisotopic (exact) mass is 218 g/mol. The third-order valence-electron chi connectivity index (χ3n) is 2.50. The average molecular weight is 218 g/mol. The Hall–Kier alpha value is -2.03. The van der Waals surface area contributed by atoms with Crippen LogP contribution in [0.3, 0.4) is 0 Å². The number of nitrogen functional groups attached to an aromatic ring is 2. The highest BCUT2D eigenvalue weighted by atomic mass is 15.3. The van der Waals surface area contributed by atoms with Crippen LogP contribution in [0.5, 0.6) is 0 Å². The fourth-order valence-electron chi connectivity index (χ4n) is 1.66. The quantitative estimate of drug-likeness (QED) is 0.763. The summed E-state index contributed by atoms with van der Waals surface area (Å²) in [5, 5.41) is 8.61. The first-order valence-corrected chi connectivity index (χ1v) is 5.24. The SMILES string of the molecule is N#CCCN(c1cc(N)nc(N)n1)C1CC1. The van der Waals surface area contributed by atoms with Crippen molar-refractivity contribution >= 4 is 17.6 Å². The molecule has 0 spiro atoms. The van der Waals surface area contributed by atoms with Crippen LogP contribution in [0.4, 0.5) is 17.6 Å². The molecule has 0 aromatic carbocycles. The van der Waals surface area contributed by atoms with E-state index >= 15 is 0 Å². The first-order valence-electron chi connectivity index (χ1n) is 5.24. The van der Waals surface area contributed by atoms with E-state index in [1.807, 2.05) is 0 Å². The fraction of sp³-hybridized carbons (Fsp3) is 0.500. The molecule has 4 N–H and O–H groups in total. The second-order valence-corrected chi connectivity index (χ2v) is 3.84. The first-order chi connectivity index (χ1) is 7.70. The first kappa shape index (κ1) is 10.5. The minimum absolute atomic E-state index is 0.178. The van der Waals surface area contributed by atoms with Gasteiger partial charge in [0.15, 0.2) is 0 Å². The van der Waals surface area contributed by atoms with Crippen molar-refractivity contribution in [2.75, 3.05) is 22.9 Å². The smallest absolute Gasteiger partial charge is 0.223 e. The standard InChI is InChI=1S/C10H14N6/c11-4-1-5-16(7-2-3-7)9-6-8(12)14-10(13)15-9/h6-7H,1-3,5H2,(H4,12,13,14,15). The van der Waals surface area contributed by atoms with E-state index in [4.69, 9.17) is 16.7 Å². The van der Waals surface area contributed by atoms with Crippen molar-refractivity contribution in [3.8, 4) is 6.07 Å². The molecule has 16 heavy (non-hydrogen) atoms. The Morgan fingerprint density at radius 3 is 2.75 bits per heavy atom. The van der Waals surface area contributed by atoms with Crippen molar-refractivity contribution in [3.05, 3.63) is 6.07 Å². The van der Waals surface area contributed by atoms with Crippen LogP contribution in [0.1, 0.15) is 19.3 Å². The number of nitriles is 1. The summed E-state index contributed by atoms with van der Waals surface area (Å²) in [6.07, 6.45) is 2.74. The molecule has 0 unspecified atom stereocenters. The van der Waals surface area contributed by atoms with Gasteiger partial charge in [0.1, 0.15) is 11.6 Å². The lowest BCUT2D eigenvalue weighted by Crippen LogP contribution is -2.28. The third kappa shape index (κ3) is 2.31. The Bertz CT molecular complexity index is 400. The van der Waals surface area contributed by atoms with E-state index in [1.165, 1.54) is 0 Å². The number of anilines is 3. The summed E-state index contributed by atoms with van der Waals surface area (Å²) in [6, 6.07) is 4.31. The number of nitrogens with two attached hydrogens (primary N) is 2. The summed E-state index contributed by atoms with van der Waals surface area (Å²) >= 11 is 0. The Balaban J connectivity index is 2.20. The van der Waals surface area contributed by atoms with Gasteiger partial charge in [0.2, 0.25) is 5.95 Å². The van der Waals surface area contributed by atoms with Crippen molar-refractivity contribution in [1.29, 1.82) is 5.26 Å². The van der Waals surface area contributed by atoms with Gasteiger partial charge < -0.3 is 16.4 Å². The highest BCUT2D eigenvalue weighted by molar-refractivity contribution is 5.51. The van der Waals surface area contributed by atoms with Gasteiger partial charge in [0.25, 0.3) is 0 Å². The molecule has 0 bridgehead atoms. The molecule has 2 rings (SSSR count). The van der Waals surface area contributed by atoms with Crippen LogP contribution in [0.15, 0.2) is 6.07 Å². The van der Waals surface area contributed by atoms with Crippen LogP contribution in [0, 0.1) is 11.3 Å². The number of rotatable bonds is 4. The molecule has 0 saturated heterocycles. The van der Waals surface area contributed by atoms with Gasteiger partial charge in [0, 0.05) is 18.7 Å². The van der Waals surface area contributed by atoms with E-state index in [0.717, 1.165) is 18.7 Å². The molecule has 0 aliphatic heterocycles. The van der Waals surface area contributed by atoms with Crippen molar-refractivity contribution in [1.82, 2.24) is 9.97 Å². The lowest BCUT2D eigenvalue weighted by molar-refractivity contribution is 0.777. The largest absolute Gasteiger partial charge is 0.383 e. The molecule has 0 radical (unpaired) electrons. The number of hydrogen-bond donors (Lipinski definition) is 2. The molecule has 6 heteroatoms. The minimum atomic E-state index is 0.178. The van der Waals surface area contributed by atoms with Gasteiger partial charge in [-0.2, -0.15) is 15.2 Å². The Morgan fingerprint density at radius 1 is 1.44 bits per heavy atom. The van der Waals surface area contributed by atoms with Crippen molar-refractivity contribution < 1.29 is 0 Å². The van der Waals surface area contributed by atoms with Crippen LogP contribution < -0.4 is 16.4 Å². The maximum atomic E-state index is 8.61. The molecule has 84 valence electrons. The Labute approximate surface area is 93.9 Å². The molecule has 1 fully saturated rings. The maximum Gasteiger partial charge on any atom is 0.223 e. The van der Waals surface area contributed by atoms with Crippen LogP contribution in [-0.2, 0) is 0 Å². The molecule has 1 saturated carbocycles. The molecular weight excluding hydrogens is 204 g/mol. The normalized spacial score (nSPS) is 14.4. The number of nitrogens with zero attached hydrogens (tertiary/aromatic N) is 4. The zero-order valence-corrected chi connectivity index (χ0v) is 8.93. The van der Waals surface area contributed by atoms with Crippen LogP contribution in [-0.4, -0.2) is 22.6 Å². The van der Waals surface area contributed by atoms with Crippen molar-refractivity contribution in [2.24, 2.45) is 0 Å². The summed E-state index contributed by atoms with van der Waals surface area (Å²) < 4.78 is 0. The van der Waals surface area contributed by atoms with E-state index in [2.05, 4.69) is 20.9 Å². The minimum Gasteiger partial charge on any atom is -0.383 e. The van der Waals surface area contributed by atoms with E-state index in [-0.39, 0.29) is 5.95 Å².